The van der Waals surface area contributed by atoms with E-state index in [1.54, 1.807) is 45.9 Å². The molecule has 2 aromatic rings. The first kappa shape index (κ1) is 49.0. The summed E-state index contributed by atoms with van der Waals surface area (Å²) in [6.07, 6.45) is -2.12. The number of imide groups is 1. The molecule has 0 spiro atoms. The maximum absolute atomic E-state index is 13.6. The van der Waals surface area contributed by atoms with E-state index in [0.717, 1.165) is 17.1 Å². The number of aryl methyl sites for hydroxylation is 2. The molecule has 22 nitrogen and oxygen atoms in total. The predicted molar refractivity (Wildman–Crippen MR) is 215 cm³/mol. The van der Waals surface area contributed by atoms with E-state index >= 15 is 0 Å². The Morgan fingerprint density at radius 1 is 0.984 bits per heavy atom. The molecular weight excluding hydrogens is 839 g/mol. The zero-order valence-electron chi connectivity index (χ0n) is 34.8. The van der Waals surface area contributed by atoms with Gasteiger partial charge in [0, 0.05) is 30.8 Å². The number of ether oxygens (including phenoxy) is 2. The van der Waals surface area contributed by atoms with Crippen molar-refractivity contribution >= 4 is 57.3 Å². The average molecular weight is 892 g/mol. The Hall–Kier alpha value is -5.62. The highest BCUT2D eigenvalue weighted by Crippen LogP contribution is 2.28. The van der Waals surface area contributed by atoms with E-state index in [1.165, 1.54) is 17.8 Å². The molecule has 23 heteroatoms. The van der Waals surface area contributed by atoms with Gasteiger partial charge in [-0.05, 0) is 55.4 Å². The summed E-state index contributed by atoms with van der Waals surface area (Å²) in [5.41, 5.74) is 1.50. The lowest BCUT2D eigenvalue weighted by molar-refractivity contribution is -0.193. The normalized spacial score (nSPS) is 20.5. The Balaban J connectivity index is 1.43. The van der Waals surface area contributed by atoms with Crippen molar-refractivity contribution in [3.8, 4) is 0 Å². The Labute approximate surface area is 357 Å². The number of rotatable bonds is 21. The number of nitrogens with zero attached hydrogens (tertiary/aromatic N) is 4. The Morgan fingerprint density at radius 2 is 1.66 bits per heavy atom. The SMILES string of the molecule is CC(C)C(=O)OCc1ccc(NC(=O)[C@H](C)NC(=O)[C@@H](NC(=O)C[C@H](c2cn(CCCS(=O)(=O)O)nn2)N2C(=O)C=CC2=O)C(C)C)cc1CC[C@H]1C[C@@H](O)[C@H](O)[C@@H](C(=O)O)O1. The third kappa shape index (κ3) is 13.7. The van der Waals surface area contributed by atoms with Crippen molar-refractivity contribution < 1.29 is 71.3 Å². The minimum Gasteiger partial charge on any atom is -0.479 e. The van der Waals surface area contributed by atoms with Crippen LogP contribution in [0.2, 0.25) is 0 Å². The minimum atomic E-state index is -4.24. The van der Waals surface area contributed by atoms with Gasteiger partial charge in [-0.15, -0.1) is 5.10 Å². The van der Waals surface area contributed by atoms with E-state index in [0.29, 0.717) is 16.8 Å². The molecule has 1 aromatic carbocycles. The van der Waals surface area contributed by atoms with Crippen LogP contribution in [-0.2, 0) is 72.7 Å². The number of carbonyl (C=O) groups excluding carboxylic acids is 6. The van der Waals surface area contributed by atoms with Crippen LogP contribution in [0.3, 0.4) is 0 Å². The molecule has 340 valence electrons. The van der Waals surface area contributed by atoms with Crippen LogP contribution in [0.1, 0.15) is 83.2 Å². The Morgan fingerprint density at radius 3 is 2.27 bits per heavy atom. The summed E-state index contributed by atoms with van der Waals surface area (Å²) in [4.78, 5) is 90.4. The van der Waals surface area contributed by atoms with E-state index < -0.39 is 118 Å². The van der Waals surface area contributed by atoms with Crippen molar-refractivity contribution in [2.45, 2.75) is 122 Å². The topological polar surface area (TPSA) is 323 Å². The molecule has 1 aromatic heterocycles. The van der Waals surface area contributed by atoms with Crippen LogP contribution in [0, 0.1) is 11.8 Å². The maximum atomic E-state index is 13.6. The Kier molecular flexibility index (Phi) is 17.0. The molecule has 0 radical (unpaired) electrons. The molecule has 1 fully saturated rings. The van der Waals surface area contributed by atoms with Gasteiger partial charge in [0.05, 0.1) is 42.5 Å². The summed E-state index contributed by atoms with van der Waals surface area (Å²) < 4.78 is 43.4. The van der Waals surface area contributed by atoms with Crippen molar-refractivity contribution in [3.63, 3.8) is 0 Å². The quantitative estimate of drug-likeness (QED) is 0.0484. The second-order valence-corrected chi connectivity index (χ2v) is 17.3. The van der Waals surface area contributed by atoms with E-state index in [1.807, 2.05) is 0 Å². The number of anilines is 1. The lowest BCUT2D eigenvalue weighted by Gasteiger charge is -2.35. The van der Waals surface area contributed by atoms with Crippen molar-refractivity contribution in [1.82, 2.24) is 30.5 Å². The number of hydrogen-bond donors (Lipinski definition) is 7. The second kappa shape index (κ2) is 21.4. The fourth-order valence-corrected chi connectivity index (χ4v) is 7.14. The highest BCUT2D eigenvalue weighted by Gasteiger charge is 2.41. The molecule has 0 bridgehead atoms. The number of carbonyl (C=O) groups is 7. The fraction of sp³-hybridized carbons (Fsp3) is 0.564. The number of nitrogens with one attached hydrogen (secondary N) is 3. The number of aliphatic hydroxyl groups excluding tert-OH is 2. The Bertz CT molecular complexity index is 2120. The largest absolute Gasteiger partial charge is 0.479 e. The van der Waals surface area contributed by atoms with Crippen LogP contribution >= 0.6 is 0 Å². The molecule has 2 aliphatic heterocycles. The predicted octanol–water partition coefficient (Wildman–Crippen LogP) is -0.208. The van der Waals surface area contributed by atoms with Crippen molar-refractivity contribution in [2.75, 3.05) is 11.1 Å². The number of benzene rings is 1. The van der Waals surface area contributed by atoms with Gasteiger partial charge in [-0.2, -0.15) is 8.42 Å². The number of hydrogen-bond acceptors (Lipinski definition) is 15. The molecule has 0 unspecified atom stereocenters. The van der Waals surface area contributed by atoms with Crippen LogP contribution in [0.5, 0.6) is 0 Å². The summed E-state index contributed by atoms with van der Waals surface area (Å²) in [6.45, 7) is 7.95. The first-order valence-corrected chi connectivity index (χ1v) is 21.5. The van der Waals surface area contributed by atoms with Crippen molar-refractivity contribution in [3.05, 3.63) is 53.4 Å². The molecule has 1 saturated heterocycles. The summed E-state index contributed by atoms with van der Waals surface area (Å²) >= 11 is 0. The summed E-state index contributed by atoms with van der Waals surface area (Å²) in [7, 11) is -4.24. The lowest BCUT2D eigenvalue weighted by Crippen LogP contribution is -2.54. The molecule has 0 saturated carbocycles. The summed E-state index contributed by atoms with van der Waals surface area (Å²) in [6, 6.07) is 1.19. The molecular formula is C39H53N7O15S. The van der Waals surface area contributed by atoms with E-state index in [-0.39, 0.29) is 44.5 Å². The standard InChI is InChI=1S/C39H53N7O15S/c1-20(2)33(42-30(48)17-28(46-31(49)11-12-32(46)50)27-18-45(44-43-27)13-6-14-62(57,58)59)37(53)40-22(5)36(52)41-25-9-7-24(19-60-39(56)21(3)4)23(15-25)8-10-26-16-29(47)34(51)35(61-26)38(54)55/h7,9,11-12,15,18,20-22,26,28-29,33-35,47,51H,6,8,10,13-14,16-17,19H2,1-5H3,(H,40,53)(H,41,52)(H,42,48)(H,54,55)(H,57,58,59)/t22-,26-,28+,29+,33-,34-,35-/m0/s1. The molecule has 62 heavy (non-hydrogen) atoms. The summed E-state index contributed by atoms with van der Waals surface area (Å²) in [5.74, 6) is -6.93. The first-order chi connectivity index (χ1) is 29.0. The van der Waals surface area contributed by atoms with Gasteiger partial charge in [0.25, 0.3) is 21.9 Å². The third-order valence-electron chi connectivity index (χ3n) is 10.1. The zero-order valence-corrected chi connectivity index (χ0v) is 35.6. The van der Waals surface area contributed by atoms with Gasteiger partial charge in [0.2, 0.25) is 17.7 Å². The highest BCUT2D eigenvalue weighted by molar-refractivity contribution is 7.85. The van der Waals surface area contributed by atoms with Gasteiger partial charge >= 0.3 is 11.9 Å². The molecule has 7 N–H and O–H groups in total. The molecule has 5 amide bonds. The fourth-order valence-electron chi connectivity index (χ4n) is 6.65. The minimum absolute atomic E-state index is 0.000162. The average Bonchev–Trinajstić information content (AvgIpc) is 3.79. The van der Waals surface area contributed by atoms with Gasteiger partial charge in [0.15, 0.2) is 6.10 Å². The van der Waals surface area contributed by atoms with Gasteiger partial charge in [-0.25, -0.2) is 4.79 Å². The first-order valence-electron chi connectivity index (χ1n) is 19.9. The second-order valence-electron chi connectivity index (χ2n) is 15.7. The van der Waals surface area contributed by atoms with Crippen molar-refractivity contribution in [1.29, 1.82) is 0 Å². The van der Waals surface area contributed by atoms with Gasteiger partial charge in [-0.1, -0.05) is 39.0 Å². The number of aliphatic hydroxyl groups is 2. The van der Waals surface area contributed by atoms with Gasteiger partial charge in [0.1, 0.15) is 30.5 Å². The lowest BCUT2D eigenvalue weighted by atomic mass is 9.93. The van der Waals surface area contributed by atoms with E-state index in [2.05, 4.69) is 26.3 Å². The van der Waals surface area contributed by atoms with Gasteiger partial charge < -0.3 is 40.7 Å². The third-order valence-corrected chi connectivity index (χ3v) is 10.9. The number of esters is 1. The number of carboxylic acid groups (broad SMARTS) is 1. The monoisotopic (exact) mass is 891 g/mol. The van der Waals surface area contributed by atoms with E-state index in [4.69, 9.17) is 14.0 Å². The number of amides is 5. The molecule has 7 atom stereocenters. The van der Waals surface area contributed by atoms with Crippen LogP contribution in [0.15, 0.2) is 36.5 Å². The molecule has 3 heterocycles. The summed E-state index contributed by atoms with van der Waals surface area (Å²) in [5, 5.41) is 45.5. The zero-order chi connectivity index (χ0) is 46.1. The molecule has 2 aliphatic rings. The molecule has 4 rings (SSSR count). The number of carboxylic acids is 1. The van der Waals surface area contributed by atoms with Crippen LogP contribution < -0.4 is 16.0 Å². The molecule has 0 aliphatic carbocycles. The van der Waals surface area contributed by atoms with Crippen LogP contribution in [0.4, 0.5) is 5.69 Å². The van der Waals surface area contributed by atoms with Crippen molar-refractivity contribution in [2.24, 2.45) is 11.8 Å². The van der Waals surface area contributed by atoms with Gasteiger partial charge in [-0.3, -0.25) is 42.9 Å². The number of aromatic nitrogens is 3. The highest BCUT2D eigenvalue weighted by atomic mass is 32.2. The maximum Gasteiger partial charge on any atom is 0.335 e. The van der Waals surface area contributed by atoms with E-state index in [9.17, 15) is 57.3 Å². The van der Waals surface area contributed by atoms with Crippen LogP contribution in [0.25, 0.3) is 0 Å². The smallest absolute Gasteiger partial charge is 0.335 e. The van der Waals surface area contributed by atoms with Crippen LogP contribution in [-0.4, -0.2) is 132 Å². The number of aliphatic carboxylic acids is 1.